The monoisotopic (exact) mass is 1280 g/mol. The van der Waals surface area contributed by atoms with Crippen LogP contribution in [0.25, 0.3) is 0 Å². The predicted molar refractivity (Wildman–Crippen MR) is 400 cm³/mol. The molecule has 0 aromatic rings. The highest BCUT2D eigenvalue weighted by atomic mass is 16.7. The van der Waals surface area contributed by atoms with Gasteiger partial charge in [0.05, 0.1) is 34.4 Å². The Morgan fingerprint density at radius 2 is 0.591 bits per heavy atom. The van der Waals surface area contributed by atoms with Crippen LogP contribution >= 0.6 is 0 Å². The summed E-state index contributed by atoms with van der Waals surface area (Å²) >= 11 is 0. The molecule has 0 aliphatic carbocycles. The molecule has 0 saturated carbocycles. The summed E-state index contributed by atoms with van der Waals surface area (Å²) in [5.41, 5.74) is 0. The van der Waals surface area contributed by atoms with Crippen LogP contribution in [0.1, 0.15) is 219 Å². The number of rotatable bonds is 62. The van der Waals surface area contributed by atoms with Crippen LogP contribution in [-0.4, -0.2) is 87.4 Å². The van der Waals surface area contributed by atoms with E-state index in [1.54, 1.807) is 0 Å². The zero-order chi connectivity index (χ0) is 67.5. The van der Waals surface area contributed by atoms with Gasteiger partial charge in [0.25, 0.3) is 6.29 Å². The molecule has 9 nitrogen and oxygen atoms in total. The summed E-state index contributed by atoms with van der Waals surface area (Å²) < 4.78 is 22.9. The number of allylic oxidation sites excluding steroid dienone is 38. The second kappa shape index (κ2) is 71.2. The first kappa shape index (κ1) is 86.4. The molecule has 0 aliphatic heterocycles. The van der Waals surface area contributed by atoms with Crippen molar-refractivity contribution in [2.45, 2.75) is 232 Å². The molecule has 0 aromatic heterocycles. The Balaban J connectivity index is 4.31. The number of hydrogen-bond donors (Lipinski definition) is 1. The Labute approximate surface area is 568 Å². The molecule has 0 fully saturated rings. The van der Waals surface area contributed by atoms with Crippen LogP contribution in [0, 0.1) is 0 Å². The molecule has 0 spiro atoms. The maximum atomic E-state index is 12.9. The third kappa shape index (κ3) is 72.6. The second-order valence-electron chi connectivity index (χ2n) is 23.7. The van der Waals surface area contributed by atoms with Crippen LogP contribution < -0.4 is 0 Å². The van der Waals surface area contributed by atoms with Crippen molar-refractivity contribution in [2.24, 2.45) is 0 Å². The average molecular weight is 1280 g/mol. The number of carbonyl (C=O) groups excluding carboxylic acids is 2. The Morgan fingerprint density at radius 3 is 0.892 bits per heavy atom. The second-order valence-corrected chi connectivity index (χ2v) is 23.7. The minimum atomic E-state index is -1.54. The first-order valence-corrected chi connectivity index (χ1v) is 35.5. The minimum absolute atomic E-state index is 0.163. The number of ether oxygens (including phenoxy) is 4. The number of likely N-dealkylation sites (N-methyl/N-ethyl adjacent to an activating group) is 1. The number of aliphatic carboxylic acids is 1. The first-order valence-electron chi connectivity index (χ1n) is 35.5. The third-order valence-corrected chi connectivity index (χ3v) is 13.9. The Bertz CT molecular complexity index is 2380. The molecular weight excluding hydrogens is 1150 g/mol. The van der Waals surface area contributed by atoms with E-state index in [1.807, 2.05) is 21.1 Å². The molecule has 2 unspecified atom stereocenters. The van der Waals surface area contributed by atoms with Gasteiger partial charge in [-0.1, -0.05) is 283 Å². The average Bonchev–Trinajstić information content (AvgIpc) is 3.38. The molecular formula is C84H128NO8+. The van der Waals surface area contributed by atoms with E-state index in [-0.39, 0.29) is 32.7 Å². The number of unbranched alkanes of at least 4 members (excludes halogenated alkanes) is 9. The number of carboxylic acids is 1. The molecule has 0 radical (unpaired) electrons. The smallest absolute Gasteiger partial charge is 0.361 e. The summed E-state index contributed by atoms with van der Waals surface area (Å²) in [5.74, 6) is -2.13. The molecule has 0 aliphatic rings. The molecule has 2 atom stereocenters. The van der Waals surface area contributed by atoms with Crippen molar-refractivity contribution in [3.05, 3.63) is 231 Å². The zero-order valence-electron chi connectivity index (χ0n) is 58.8. The van der Waals surface area contributed by atoms with Crippen LogP contribution in [-0.2, 0) is 33.3 Å². The summed E-state index contributed by atoms with van der Waals surface area (Å²) in [6.07, 6.45) is 112. The summed E-state index contributed by atoms with van der Waals surface area (Å²) in [5, 5.41) is 9.75. The lowest BCUT2D eigenvalue weighted by Gasteiger charge is -2.25. The zero-order valence-corrected chi connectivity index (χ0v) is 58.8. The highest BCUT2D eigenvalue weighted by Gasteiger charge is 2.25. The fourth-order valence-electron chi connectivity index (χ4n) is 8.57. The van der Waals surface area contributed by atoms with E-state index in [2.05, 4.69) is 245 Å². The molecule has 93 heavy (non-hydrogen) atoms. The molecule has 0 heterocycles. The van der Waals surface area contributed by atoms with E-state index in [9.17, 15) is 19.5 Å². The van der Waals surface area contributed by atoms with Crippen LogP contribution in [0.2, 0.25) is 0 Å². The standard InChI is InChI=1S/C84H127NO8/c1-6-8-10-12-14-16-18-20-22-24-26-28-30-32-34-36-37-38-39-40-41-42-43-44-45-47-49-51-53-55-57-59-61-63-65-67-69-71-73-75-82(87)93-80(79-92-84(83(88)89)90-77-76-85(3,4)5)78-91-81(86)74-72-70-68-66-64-62-60-58-56-54-52-50-48-46-35-33-31-29-27-25-23-21-19-17-15-13-11-9-7-2/h8-11,14-17,20-23,26-29,32-35,37-38,40-41,43-44,47-50,53-56,60,62,66,68,80,84H,6-7,12-13,18-19,24-25,30-31,36,39,42,45-46,51-52,57-59,61,63-65,67,69-79H2,1-5H3/p+1/b10-8-,11-9-,16-14-,17-15-,22-20-,23-21-,28-26-,29-27-,34-32-,35-33-,38-37-,41-40-,44-43-,49-47-,50-48-,55-53-,56-54-,62-60-,68-66-. The van der Waals surface area contributed by atoms with Crippen molar-refractivity contribution >= 4 is 17.9 Å². The molecule has 0 rings (SSSR count). The summed E-state index contributed by atoms with van der Waals surface area (Å²) in [6, 6.07) is 0. The number of quaternary nitrogens is 1. The molecule has 0 saturated heterocycles. The van der Waals surface area contributed by atoms with Crippen molar-refractivity contribution in [3.8, 4) is 0 Å². The van der Waals surface area contributed by atoms with Crippen molar-refractivity contribution in [1.29, 1.82) is 0 Å². The quantitative estimate of drug-likeness (QED) is 0.0211. The van der Waals surface area contributed by atoms with E-state index in [4.69, 9.17) is 18.9 Å². The number of carbonyl (C=O) groups is 3. The van der Waals surface area contributed by atoms with Crippen LogP contribution in [0.15, 0.2) is 231 Å². The molecule has 0 bridgehead atoms. The molecule has 516 valence electrons. The molecule has 9 heteroatoms. The topological polar surface area (TPSA) is 108 Å². The summed E-state index contributed by atoms with van der Waals surface area (Å²) in [7, 11) is 5.94. The molecule has 1 N–H and O–H groups in total. The summed E-state index contributed by atoms with van der Waals surface area (Å²) in [4.78, 5) is 37.6. The van der Waals surface area contributed by atoms with Gasteiger partial charge in [-0.15, -0.1) is 0 Å². The van der Waals surface area contributed by atoms with Crippen molar-refractivity contribution in [1.82, 2.24) is 0 Å². The van der Waals surface area contributed by atoms with Crippen LogP contribution in [0.3, 0.4) is 0 Å². The van der Waals surface area contributed by atoms with E-state index in [1.165, 1.54) is 25.7 Å². The van der Waals surface area contributed by atoms with Gasteiger partial charge in [0, 0.05) is 12.8 Å². The predicted octanol–water partition coefficient (Wildman–Crippen LogP) is 22.7. The maximum Gasteiger partial charge on any atom is 0.361 e. The number of carboxylic acid groups (broad SMARTS) is 1. The van der Waals surface area contributed by atoms with E-state index >= 15 is 0 Å². The van der Waals surface area contributed by atoms with E-state index < -0.39 is 30.3 Å². The first-order chi connectivity index (χ1) is 45.6. The van der Waals surface area contributed by atoms with E-state index in [0.29, 0.717) is 23.9 Å². The van der Waals surface area contributed by atoms with Crippen molar-refractivity contribution in [2.75, 3.05) is 47.5 Å². The number of nitrogens with zero attached hydrogens (tertiary/aromatic N) is 1. The van der Waals surface area contributed by atoms with Gasteiger partial charge in [0.1, 0.15) is 13.2 Å². The van der Waals surface area contributed by atoms with Crippen LogP contribution in [0.4, 0.5) is 0 Å². The van der Waals surface area contributed by atoms with Gasteiger partial charge in [-0.25, -0.2) is 4.79 Å². The highest BCUT2D eigenvalue weighted by molar-refractivity contribution is 5.71. The fourth-order valence-corrected chi connectivity index (χ4v) is 8.57. The largest absolute Gasteiger partial charge is 0.477 e. The normalized spacial score (nSPS) is 14.1. The van der Waals surface area contributed by atoms with Crippen molar-refractivity contribution in [3.63, 3.8) is 0 Å². The Hall–Kier alpha value is -6.65. The van der Waals surface area contributed by atoms with Gasteiger partial charge in [0.15, 0.2) is 6.10 Å². The summed E-state index contributed by atoms with van der Waals surface area (Å²) in [6.45, 7) is 4.53. The number of esters is 2. The Kier molecular flexibility index (Phi) is 66.1. The van der Waals surface area contributed by atoms with Gasteiger partial charge in [-0.05, 0) is 154 Å². The van der Waals surface area contributed by atoms with Gasteiger partial charge in [-0.2, -0.15) is 0 Å². The van der Waals surface area contributed by atoms with Gasteiger partial charge in [0.2, 0.25) is 0 Å². The SMILES string of the molecule is CC/C=C\C/C=C\C/C=C\C/C=C\C/C=C\C/C=C\C/C=C\C/C=C\C/C=C\C/C=C\CCCCCCCCCCC(=O)OC(COC(=O)CCC/C=C\C/C=C\C/C=C\C/C=C\C/C=C\C/C=C\C/C=C\C/C=C\C/C=C\CC)COC(OCC[N+](C)(C)C)C(=O)O. The lowest BCUT2D eigenvalue weighted by atomic mass is 10.1. The third-order valence-electron chi connectivity index (χ3n) is 13.9. The molecule has 0 aromatic carbocycles. The lowest BCUT2D eigenvalue weighted by Crippen LogP contribution is -2.40. The maximum absolute atomic E-state index is 12.9. The van der Waals surface area contributed by atoms with Crippen LogP contribution in [0.5, 0.6) is 0 Å². The molecule has 0 amide bonds. The highest BCUT2D eigenvalue weighted by Crippen LogP contribution is 2.14. The Morgan fingerprint density at radius 1 is 0.323 bits per heavy atom. The minimum Gasteiger partial charge on any atom is -0.477 e. The lowest BCUT2D eigenvalue weighted by molar-refractivity contribution is -0.870. The van der Waals surface area contributed by atoms with E-state index in [0.717, 1.165) is 154 Å². The van der Waals surface area contributed by atoms with Gasteiger partial charge < -0.3 is 28.5 Å². The number of hydrogen-bond acceptors (Lipinski definition) is 7. The fraction of sp³-hybridized carbons (Fsp3) is 0.512. The van der Waals surface area contributed by atoms with Gasteiger partial charge in [-0.3, -0.25) is 9.59 Å². The van der Waals surface area contributed by atoms with Gasteiger partial charge >= 0.3 is 17.9 Å². The van der Waals surface area contributed by atoms with Crippen molar-refractivity contribution < 1.29 is 42.9 Å².